The highest BCUT2D eigenvalue weighted by atomic mass is 32.2. The standard InChI is InChI=1S/C11H17N3OS/c1-13-8-5-12-11(13)16-9-10(15)14-6-3-2-4-7-14/h5,8H,2-4,6-7,9H2,1H3. The lowest BCUT2D eigenvalue weighted by atomic mass is 10.1. The molecule has 0 atom stereocenters. The van der Waals surface area contributed by atoms with E-state index in [-0.39, 0.29) is 5.91 Å². The molecule has 1 amide bonds. The van der Waals surface area contributed by atoms with Gasteiger partial charge < -0.3 is 9.47 Å². The highest BCUT2D eigenvalue weighted by molar-refractivity contribution is 7.99. The third kappa shape index (κ3) is 2.78. The fourth-order valence-electron chi connectivity index (χ4n) is 1.85. The van der Waals surface area contributed by atoms with Crippen molar-refractivity contribution in [3.8, 4) is 0 Å². The minimum absolute atomic E-state index is 0.243. The van der Waals surface area contributed by atoms with Crippen molar-refractivity contribution in [2.24, 2.45) is 7.05 Å². The van der Waals surface area contributed by atoms with Gasteiger partial charge >= 0.3 is 0 Å². The molecule has 1 aliphatic rings. The molecule has 88 valence electrons. The van der Waals surface area contributed by atoms with Gasteiger partial charge in [-0.2, -0.15) is 0 Å². The van der Waals surface area contributed by atoms with Gasteiger partial charge in [-0.15, -0.1) is 0 Å². The lowest BCUT2D eigenvalue weighted by molar-refractivity contribution is -0.129. The van der Waals surface area contributed by atoms with E-state index in [1.807, 2.05) is 22.7 Å². The zero-order valence-corrected chi connectivity index (χ0v) is 10.4. The van der Waals surface area contributed by atoms with Crippen LogP contribution in [0.15, 0.2) is 17.6 Å². The van der Waals surface area contributed by atoms with Gasteiger partial charge in [0.25, 0.3) is 0 Å². The number of aryl methyl sites for hydroxylation is 1. The summed E-state index contributed by atoms with van der Waals surface area (Å²) in [7, 11) is 1.95. The van der Waals surface area contributed by atoms with Gasteiger partial charge in [-0.1, -0.05) is 11.8 Å². The minimum atomic E-state index is 0.243. The van der Waals surface area contributed by atoms with Crippen molar-refractivity contribution in [3.05, 3.63) is 12.4 Å². The average Bonchev–Trinajstić information content (AvgIpc) is 2.73. The Morgan fingerprint density at radius 1 is 1.44 bits per heavy atom. The van der Waals surface area contributed by atoms with E-state index in [1.165, 1.54) is 18.2 Å². The SMILES string of the molecule is Cn1ccnc1SCC(=O)N1CCCCC1. The van der Waals surface area contributed by atoms with Crippen LogP contribution in [0.3, 0.4) is 0 Å². The molecule has 4 nitrogen and oxygen atoms in total. The molecule has 5 heteroatoms. The van der Waals surface area contributed by atoms with E-state index in [9.17, 15) is 4.79 Å². The van der Waals surface area contributed by atoms with Crippen LogP contribution in [0.4, 0.5) is 0 Å². The molecule has 1 fully saturated rings. The second-order valence-electron chi connectivity index (χ2n) is 4.05. The van der Waals surface area contributed by atoms with Crippen molar-refractivity contribution in [2.75, 3.05) is 18.8 Å². The van der Waals surface area contributed by atoms with Gasteiger partial charge in [0.05, 0.1) is 5.75 Å². The van der Waals surface area contributed by atoms with Gasteiger partial charge in [-0.3, -0.25) is 4.79 Å². The number of likely N-dealkylation sites (tertiary alicyclic amines) is 1. The van der Waals surface area contributed by atoms with Gasteiger partial charge in [-0.25, -0.2) is 4.98 Å². The number of hydrogen-bond acceptors (Lipinski definition) is 3. The van der Waals surface area contributed by atoms with Crippen LogP contribution in [-0.4, -0.2) is 39.2 Å². The molecular formula is C11H17N3OS. The molecule has 0 radical (unpaired) electrons. The first kappa shape index (κ1) is 11.5. The molecule has 0 aromatic carbocycles. The summed E-state index contributed by atoms with van der Waals surface area (Å²) in [6.07, 6.45) is 7.22. The van der Waals surface area contributed by atoms with Gasteiger partial charge in [0.15, 0.2) is 5.16 Å². The predicted molar refractivity (Wildman–Crippen MR) is 64.4 cm³/mol. The normalized spacial score (nSPS) is 16.4. The predicted octanol–water partition coefficient (Wildman–Crippen LogP) is 1.52. The van der Waals surface area contributed by atoms with E-state index >= 15 is 0 Å². The third-order valence-corrected chi connectivity index (χ3v) is 3.85. The maximum absolute atomic E-state index is 11.9. The van der Waals surface area contributed by atoms with E-state index in [2.05, 4.69) is 4.98 Å². The van der Waals surface area contributed by atoms with Crippen LogP contribution in [0.25, 0.3) is 0 Å². The van der Waals surface area contributed by atoms with Crippen LogP contribution in [0.5, 0.6) is 0 Å². The topological polar surface area (TPSA) is 38.1 Å². The van der Waals surface area contributed by atoms with Gasteiger partial charge in [0.1, 0.15) is 0 Å². The fraction of sp³-hybridized carbons (Fsp3) is 0.636. The van der Waals surface area contributed by atoms with Crippen molar-refractivity contribution >= 4 is 17.7 Å². The maximum Gasteiger partial charge on any atom is 0.233 e. The Labute approximate surface area is 100 Å². The average molecular weight is 239 g/mol. The Kier molecular flexibility index (Phi) is 3.88. The van der Waals surface area contributed by atoms with E-state index in [4.69, 9.17) is 0 Å². The van der Waals surface area contributed by atoms with Crippen molar-refractivity contribution in [2.45, 2.75) is 24.4 Å². The van der Waals surface area contributed by atoms with Crippen molar-refractivity contribution in [1.82, 2.24) is 14.5 Å². The summed E-state index contributed by atoms with van der Waals surface area (Å²) in [6, 6.07) is 0. The lowest BCUT2D eigenvalue weighted by Crippen LogP contribution is -2.36. The molecular weight excluding hydrogens is 222 g/mol. The monoisotopic (exact) mass is 239 g/mol. The third-order valence-electron chi connectivity index (χ3n) is 2.81. The van der Waals surface area contributed by atoms with E-state index in [0.717, 1.165) is 31.1 Å². The first-order valence-corrected chi connectivity index (χ1v) is 6.64. The molecule has 0 unspecified atom stereocenters. The second kappa shape index (κ2) is 5.39. The van der Waals surface area contributed by atoms with Crippen molar-refractivity contribution in [1.29, 1.82) is 0 Å². The molecule has 16 heavy (non-hydrogen) atoms. The van der Waals surface area contributed by atoms with Crippen LogP contribution in [0, 0.1) is 0 Å². The van der Waals surface area contributed by atoms with Crippen molar-refractivity contribution in [3.63, 3.8) is 0 Å². The summed E-state index contributed by atoms with van der Waals surface area (Å²) in [5.74, 6) is 0.748. The summed E-state index contributed by atoms with van der Waals surface area (Å²) in [4.78, 5) is 18.0. The molecule has 0 aliphatic carbocycles. The number of nitrogens with zero attached hydrogens (tertiary/aromatic N) is 3. The largest absolute Gasteiger partial charge is 0.342 e. The van der Waals surface area contributed by atoms with Crippen LogP contribution in [0.2, 0.25) is 0 Å². The molecule has 1 aromatic heterocycles. The Bertz CT molecular complexity index is 358. The van der Waals surface area contributed by atoms with Gasteiger partial charge in [0, 0.05) is 32.5 Å². The Morgan fingerprint density at radius 2 is 2.19 bits per heavy atom. The Balaban J connectivity index is 1.81. The second-order valence-corrected chi connectivity index (χ2v) is 4.99. The zero-order chi connectivity index (χ0) is 11.4. The Hall–Kier alpha value is -0.970. The molecule has 2 rings (SSSR count). The summed E-state index contributed by atoms with van der Waals surface area (Å²) in [5.41, 5.74) is 0. The van der Waals surface area contributed by atoms with Crippen LogP contribution < -0.4 is 0 Å². The first-order chi connectivity index (χ1) is 7.77. The number of amides is 1. The molecule has 1 aliphatic heterocycles. The number of carbonyl (C=O) groups is 1. The maximum atomic E-state index is 11.9. The summed E-state index contributed by atoms with van der Waals surface area (Å²) >= 11 is 1.52. The lowest BCUT2D eigenvalue weighted by Gasteiger charge is -2.26. The molecule has 0 N–H and O–H groups in total. The number of rotatable bonds is 3. The summed E-state index contributed by atoms with van der Waals surface area (Å²) < 4.78 is 1.94. The smallest absolute Gasteiger partial charge is 0.233 e. The van der Waals surface area contributed by atoms with E-state index in [0.29, 0.717) is 5.75 Å². The summed E-state index contributed by atoms with van der Waals surface area (Å²) in [6.45, 7) is 1.86. The van der Waals surface area contributed by atoms with Crippen LogP contribution in [-0.2, 0) is 11.8 Å². The zero-order valence-electron chi connectivity index (χ0n) is 9.56. The molecule has 0 saturated carbocycles. The first-order valence-electron chi connectivity index (χ1n) is 5.65. The van der Waals surface area contributed by atoms with E-state index < -0.39 is 0 Å². The molecule has 1 aromatic rings. The number of thioether (sulfide) groups is 1. The molecule has 0 bridgehead atoms. The van der Waals surface area contributed by atoms with Gasteiger partial charge in [-0.05, 0) is 19.3 Å². The van der Waals surface area contributed by atoms with Crippen LogP contribution >= 0.6 is 11.8 Å². The number of piperidine rings is 1. The highest BCUT2D eigenvalue weighted by Crippen LogP contribution is 2.16. The number of imidazole rings is 1. The summed E-state index contributed by atoms with van der Waals surface area (Å²) in [5, 5.41) is 0.908. The highest BCUT2D eigenvalue weighted by Gasteiger charge is 2.16. The number of aromatic nitrogens is 2. The molecule has 0 spiro atoms. The number of carbonyl (C=O) groups excluding carboxylic acids is 1. The Morgan fingerprint density at radius 3 is 2.81 bits per heavy atom. The molecule has 2 heterocycles. The van der Waals surface area contributed by atoms with Gasteiger partial charge in [0.2, 0.25) is 5.91 Å². The molecule has 1 saturated heterocycles. The minimum Gasteiger partial charge on any atom is -0.342 e. The quantitative estimate of drug-likeness (QED) is 0.751. The number of hydrogen-bond donors (Lipinski definition) is 0. The van der Waals surface area contributed by atoms with Crippen molar-refractivity contribution < 1.29 is 4.79 Å². The van der Waals surface area contributed by atoms with E-state index in [1.54, 1.807) is 6.20 Å². The fourth-order valence-corrected chi connectivity index (χ4v) is 2.69. The van der Waals surface area contributed by atoms with Crippen LogP contribution in [0.1, 0.15) is 19.3 Å².